The molecule has 1 aromatic rings. The topological polar surface area (TPSA) is 111 Å². The lowest BCUT2D eigenvalue weighted by molar-refractivity contribution is -0.385. The zero-order valence-corrected chi connectivity index (χ0v) is 10.8. The molecule has 0 aromatic carbocycles. The average molecular weight is 285 g/mol. The molecule has 0 radical (unpaired) electrons. The molecule has 1 saturated carbocycles. The lowest BCUT2D eigenvalue weighted by atomic mass is 9.78. The monoisotopic (exact) mass is 284 g/mol. The summed E-state index contributed by atoms with van der Waals surface area (Å²) in [7, 11) is 0. The third kappa shape index (κ3) is 2.99. The molecule has 7 nitrogen and oxygen atoms in total. The normalized spacial score (nSPS) is 16.5. The lowest BCUT2D eigenvalue weighted by Gasteiger charge is -2.38. The number of rotatable bonds is 4. The van der Waals surface area contributed by atoms with Gasteiger partial charge >= 0.3 is 0 Å². The molecule has 1 aromatic heterocycles. The Labute approximate surface area is 114 Å². The minimum Gasteiger partial charge on any atom is -0.350 e. The predicted octanol–water partition coefficient (Wildman–Crippen LogP) is 1.25. The number of aromatic nitrogens is 1. The number of halogens is 1. The molecule has 0 spiro atoms. The van der Waals surface area contributed by atoms with Crippen molar-refractivity contribution in [2.24, 2.45) is 5.73 Å². The van der Waals surface area contributed by atoms with E-state index in [0.29, 0.717) is 6.54 Å². The molecule has 0 aliphatic heterocycles. The average Bonchev–Trinajstić information content (AvgIpc) is 2.33. The zero-order valence-electron chi connectivity index (χ0n) is 10.1. The number of nitro groups is 1. The molecule has 1 aliphatic carbocycles. The Morgan fingerprint density at radius 1 is 1.63 bits per heavy atom. The van der Waals surface area contributed by atoms with Crippen molar-refractivity contribution >= 4 is 23.2 Å². The fourth-order valence-corrected chi connectivity index (χ4v) is 2.07. The first-order valence-corrected chi connectivity index (χ1v) is 6.16. The molecular formula is C11H13ClN4O3. The van der Waals surface area contributed by atoms with Crippen LogP contribution in [0.2, 0.25) is 5.15 Å². The van der Waals surface area contributed by atoms with Crippen molar-refractivity contribution in [2.75, 3.05) is 6.54 Å². The van der Waals surface area contributed by atoms with E-state index in [1.807, 2.05) is 0 Å². The van der Waals surface area contributed by atoms with Crippen molar-refractivity contribution in [3.8, 4) is 0 Å². The number of nitrogens with two attached hydrogens (primary N) is 1. The summed E-state index contributed by atoms with van der Waals surface area (Å²) in [5.41, 5.74) is 5.10. The second-order valence-corrected chi connectivity index (χ2v) is 5.07. The van der Waals surface area contributed by atoms with E-state index in [-0.39, 0.29) is 21.9 Å². The molecular weight excluding hydrogens is 272 g/mol. The first-order valence-electron chi connectivity index (χ1n) is 5.78. The van der Waals surface area contributed by atoms with E-state index in [1.54, 1.807) is 0 Å². The SMILES string of the molecule is NC1(CNC(=O)c2cc(Cl)ncc2[N+](=O)[O-])CCC1. The third-order valence-corrected chi connectivity index (χ3v) is 3.45. The molecule has 0 saturated heterocycles. The van der Waals surface area contributed by atoms with Crippen molar-refractivity contribution in [3.63, 3.8) is 0 Å². The Kier molecular flexibility index (Phi) is 3.68. The molecule has 1 aliphatic rings. The molecule has 8 heteroatoms. The van der Waals surface area contributed by atoms with Crippen LogP contribution in [-0.2, 0) is 0 Å². The predicted molar refractivity (Wildman–Crippen MR) is 69.0 cm³/mol. The second kappa shape index (κ2) is 5.10. The highest BCUT2D eigenvalue weighted by atomic mass is 35.5. The summed E-state index contributed by atoms with van der Waals surface area (Å²) < 4.78 is 0. The van der Waals surface area contributed by atoms with Crippen LogP contribution < -0.4 is 11.1 Å². The van der Waals surface area contributed by atoms with Crippen molar-refractivity contribution in [1.29, 1.82) is 0 Å². The number of carbonyl (C=O) groups excluding carboxylic acids is 1. The number of pyridine rings is 1. The molecule has 0 atom stereocenters. The van der Waals surface area contributed by atoms with E-state index in [9.17, 15) is 14.9 Å². The van der Waals surface area contributed by atoms with Gasteiger partial charge in [0.05, 0.1) is 4.92 Å². The summed E-state index contributed by atoms with van der Waals surface area (Å²) in [5.74, 6) is -0.562. The van der Waals surface area contributed by atoms with Crippen LogP contribution in [0.3, 0.4) is 0 Å². The van der Waals surface area contributed by atoms with Gasteiger partial charge in [-0.25, -0.2) is 4.98 Å². The largest absolute Gasteiger partial charge is 0.350 e. The minimum atomic E-state index is -0.667. The summed E-state index contributed by atoms with van der Waals surface area (Å²) in [6.45, 7) is 0.295. The number of hydrogen-bond donors (Lipinski definition) is 2. The van der Waals surface area contributed by atoms with Crippen LogP contribution in [0.4, 0.5) is 5.69 Å². The summed E-state index contributed by atoms with van der Waals surface area (Å²) in [5, 5.41) is 13.5. The van der Waals surface area contributed by atoms with E-state index < -0.39 is 10.8 Å². The number of nitrogens with one attached hydrogen (secondary N) is 1. The van der Waals surface area contributed by atoms with E-state index in [4.69, 9.17) is 17.3 Å². The lowest BCUT2D eigenvalue weighted by Crippen LogP contribution is -2.54. The molecule has 1 heterocycles. The molecule has 1 fully saturated rings. The number of carbonyl (C=O) groups is 1. The van der Waals surface area contributed by atoms with Gasteiger partial charge < -0.3 is 11.1 Å². The summed E-state index contributed by atoms with van der Waals surface area (Å²) >= 11 is 5.66. The van der Waals surface area contributed by atoms with E-state index in [2.05, 4.69) is 10.3 Å². The maximum Gasteiger partial charge on any atom is 0.300 e. The highest BCUT2D eigenvalue weighted by Gasteiger charge is 2.33. The van der Waals surface area contributed by atoms with Gasteiger partial charge in [-0.2, -0.15) is 0 Å². The Morgan fingerprint density at radius 3 is 2.84 bits per heavy atom. The van der Waals surface area contributed by atoms with Crippen molar-refractivity contribution < 1.29 is 9.72 Å². The quantitative estimate of drug-likeness (QED) is 0.491. The molecule has 19 heavy (non-hydrogen) atoms. The smallest absolute Gasteiger partial charge is 0.300 e. The number of amides is 1. The van der Waals surface area contributed by atoms with Crippen LogP contribution in [0.1, 0.15) is 29.6 Å². The van der Waals surface area contributed by atoms with Gasteiger partial charge in [-0.3, -0.25) is 14.9 Å². The van der Waals surface area contributed by atoms with Gasteiger partial charge in [0.1, 0.15) is 16.9 Å². The molecule has 1 amide bonds. The van der Waals surface area contributed by atoms with Crippen LogP contribution in [0.5, 0.6) is 0 Å². The first-order chi connectivity index (χ1) is 8.91. The fraction of sp³-hybridized carbons (Fsp3) is 0.455. The van der Waals surface area contributed by atoms with Gasteiger partial charge in [0.15, 0.2) is 0 Å². The van der Waals surface area contributed by atoms with Gasteiger partial charge in [0, 0.05) is 12.1 Å². The van der Waals surface area contributed by atoms with Gasteiger partial charge in [0.2, 0.25) is 0 Å². The van der Waals surface area contributed by atoms with Gasteiger partial charge in [-0.1, -0.05) is 11.6 Å². The highest BCUT2D eigenvalue weighted by molar-refractivity contribution is 6.29. The maximum absolute atomic E-state index is 12.0. The Bertz CT molecular complexity index is 531. The van der Waals surface area contributed by atoms with Gasteiger partial charge in [-0.05, 0) is 25.3 Å². The van der Waals surface area contributed by atoms with Gasteiger partial charge in [-0.15, -0.1) is 0 Å². The van der Waals surface area contributed by atoms with Crippen LogP contribution in [-0.4, -0.2) is 27.9 Å². The Morgan fingerprint density at radius 2 is 2.32 bits per heavy atom. The standard InChI is InChI=1S/C11H13ClN4O3/c12-9-4-7(8(5-14-9)16(18)19)10(17)15-6-11(13)2-1-3-11/h4-5H,1-3,6,13H2,(H,15,17). The Hall–Kier alpha value is -1.73. The molecule has 0 bridgehead atoms. The van der Waals surface area contributed by atoms with Crippen LogP contribution in [0, 0.1) is 10.1 Å². The first kappa shape index (κ1) is 13.7. The summed E-state index contributed by atoms with van der Waals surface area (Å²) in [6, 6.07) is 1.18. The molecule has 0 unspecified atom stereocenters. The number of hydrogen-bond acceptors (Lipinski definition) is 5. The molecule has 2 rings (SSSR count). The Balaban J connectivity index is 2.13. The zero-order chi connectivity index (χ0) is 14.0. The van der Waals surface area contributed by atoms with Gasteiger partial charge in [0.25, 0.3) is 11.6 Å². The summed E-state index contributed by atoms with van der Waals surface area (Å²) in [4.78, 5) is 25.7. The summed E-state index contributed by atoms with van der Waals surface area (Å²) in [6.07, 6.45) is 3.69. The molecule has 3 N–H and O–H groups in total. The van der Waals surface area contributed by atoms with Crippen molar-refractivity contribution in [1.82, 2.24) is 10.3 Å². The highest BCUT2D eigenvalue weighted by Crippen LogP contribution is 2.28. The van der Waals surface area contributed by atoms with Crippen LogP contribution in [0.15, 0.2) is 12.3 Å². The second-order valence-electron chi connectivity index (χ2n) is 4.68. The fourth-order valence-electron chi connectivity index (χ4n) is 1.91. The van der Waals surface area contributed by atoms with E-state index >= 15 is 0 Å². The van der Waals surface area contributed by atoms with E-state index in [1.165, 1.54) is 6.07 Å². The minimum absolute atomic E-state index is 0.0295. The number of nitrogens with zero attached hydrogens (tertiary/aromatic N) is 2. The van der Waals surface area contributed by atoms with E-state index in [0.717, 1.165) is 25.5 Å². The van der Waals surface area contributed by atoms with Crippen LogP contribution in [0.25, 0.3) is 0 Å². The third-order valence-electron chi connectivity index (χ3n) is 3.24. The van der Waals surface area contributed by atoms with Crippen LogP contribution >= 0.6 is 11.6 Å². The maximum atomic E-state index is 12.0. The van der Waals surface area contributed by atoms with Crippen molar-refractivity contribution in [2.45, 2.75) is 24.8 Å². The molecule has 102 valence electrons. The van der Waals surface area contributed by atoms with Crippen molar-refractivity contribution in [3.05, 3.63) is 33.1 Å².